The number of anilines is 1. The van der Waals surface area contributed by atoms with Crippen LogP contribution < -0.4 is 10.1 Å². The van der Waals surface area contributed by atoms with Crippen molar-refractivity contribution in [2.24, 2.45) is 0 Å². The van der Waals surface area contributed by atoms with Gasteiger partial charge >= 0.3 is 12.4 Å². The predicted molar refractivity (Wildman–Crippen MR) is 57.3 cm³/mol. The van der Waals surface area contributed by atoms with Crippen molar-refractivity contribution in [2.45, 2.75) is 32.3 Å². The Bertz CT molecular complexity index is 459. The summed E-state index contributed by atoms with van der Waals surface area (Å²) in [6.07, 6.45) is -11.8. The van der Waals surface area contributed by atoms with Gasteiger partial charge in [-0.05, 0) is 13.8 Å². The first-order valence-corrected chi connectivity index (χ1v) is 5.47. The number of nitrogens with one attached hydrogen (secondary N) is 1. The first-order chi connectivity index (χ1) is 9.04. The number of aromatic nitrogens is 2. The van der Waals surface area contributed by atoms with Crippen LogP contribution in [0.3, 0.4) is 0 Å². The number of rotatable bonds is 4. The van der Waals surface area contributed by atoms with Gasteiger partial charge in [-0.3, -0.25) is 0 Å². The minimum Gasteiger partial charge on any atom is -0.465 e. The van der Waals surface area contributed by atoms with Crippen molar-refractivity contribution in [3.05, 3.63) is 11.8 Å². The van der Waals surface area contributed by atoms with E-state index in [1.165, 1.54) is 0 Å². The number of alkyl halides is 6. The molecule has 4 nitrogen and oxygen atoms in total. The summed E-state index contributed by atoms with van der Waals surface area (Å²) in [6, 6.07) is 0.322. The average Bonchev–Trinajstić information content (AvgIpc) is 2.26. The molecule has 0 aromatic carbocycles. The summed E-state index contributed by atoms with van der Waals surface area (Å²) >= 11 is 0. The molecule has 0 saturated carbocycles. The van der Waals surface area contributed by atoms with Crippen LogP contribution >= 0.6 is 0 Å². The molecular formula is C10H11F6N3O. The highest BCUT2D eigenvalue weighted by Crippen LogP contribution is 2.31. The zero-order chi connectivity index (χ0) is 15.6. The van der Waals surface area contributed by atoms with Crippen LogP contribution in [0.4, 0.5) is 32.3 Å². The molecule has 1 aromatic heterocycles. The van der Waals surface area contributed by atoms with Crippen LogP contribution in [-0.4, -0.2) is 28.8 Å². The van der Waals surface area contributed by atoms with Crippen molar-refractivity contribution in [3.8, 4) is 5.88 Å². The monoisotopic (exact) mass is 303 g/mol. The standard InChI is InChI=1S/C10H11F6N3O/c1-3-17-8-18-6(10(14,15)16)4-7(19-8)20-5(2)9(11,12)13/h4-5H,3H2,1-2H3,(H,17,18,19). The zero-order valence-electron chi connectivity index (χ0n) is 10.4. The van der Waals surface area contributed by atoms with Gasteiger partial charge in [0.25, 0.3) is 0 Å². The van der Waals surface area contributed by atoms with Gasteiger partial charge in [0.2, 0.25) is 11.8 Å². The molecule has 0 aliphatic rings. The SMILES string of the molecule is CCNc1nc(OC(C)C(F)(F)F)cc(C(F)(F)F)n1. The van der Waals surface area contributed by atoms with Crippen LogP contribution in [0.25, 0.3) is 0 Å². The highest BCUT2D eigenvalue weighted by atomic mass is 19.4. The van der Waals surface area contributed by atoms with Crippen LogP contribution in [0.15, 0.2) is 6.07 Å². The smallest absolute Gasteiger partial charge is 0.433 e. The number of hydrogen-bond acceptors (Lipinski definition) is 4. The molecule has 0 amide bonds. The molecule has 1 aromatic rings. The highest BCUT2D eigenvalue weighted by Gasteiger charge is 2.39. The molecule has 1 atom stereocenters. The Kier molecular flexibility index (Phi) is 4.66. The van der Waals surface area contributed by atoms with Gasteiger partial charge in [-0.1, -0.05) is 0 Å². The van der Waals surface area contributed by atoms with E-state index in [1.54, 1.807) is 6.92 Å². The summed E-state index contributed by atoms with van der Waals surface area (Å²) in [7, 11) is 0. The Labute approximate surface area is 110 Å². The topological polar surface area (TPSA) is 47.0 Å². The Balaban J connectivity index is 3.09. The molecule has 0 saturated heterocycles. The number of ether oxygens (including phenoxy) is 1. The molecule has 0 aliphatic carbocycles. The second-order valence-electron chi connectivity index (χ2n) is 3.74. The first kappa shape index (κ1) is 16.3. The van der Waals surface area contributed by atoms with Crippen LogP contribution in [-0.2, 0) is 6.18 Å². The lowest BCUT2D eigenvalue weighted by atomic mass is 10.3. The lowest BCUT2D eigenvalue weighted by Gasteiger charge is -2.18. The molecule has 20 heavy (non-hydrogen) atoms. The number of nitrogens with zero attached hydrogens (tertiary/aromatic N) is 2. The molecule has 10 heteroatoms. The maximum Gasteiger partial charge on any atom is 0.433 e. The summed E-state index contributed by atoms with van der Waals surface area (Å²) in [4.78, 5) is 6.60. The fourth-order valence-electron chi connectivity index (χ4n) is 1.12. The second kappa shape index (κ2) is 5.71. The fourth-order valence-corrected chi connectivity index (χ4v) is 1.12. The minimum absolute atomic E-state index is 0.204. The molecule has 0 aliphatic heterocycles. The van der Waals surface area contributed by atoms with Gasteiger partial charge in [-0.15, -0.1) is 0 Å². The fraction of sp³-hybridized carbons (Fsp3) is 0.600. The lowest BCUT2D eigenvalue weighted by molar-refractivity contribution is -0.190. The molecule has 1 rings (SSSR count). The van der Waals surface area contributed by atoms with Crippen LogP contribution in [0.1, 0.15) is 19.5 Å². The van der Waals surface area contributed by atoms with Gasteiger partial charge in [0.1, 0.15) is 0 Å². The molecule has 1 N–H and O–H groups in total. The van der Waals surface area contributed by atoms with Crippen LogP contribution in [0.5, 0.6) is 5.88 Å². The average molecular weight is 303 g/mol. The largest absolute Gasteiger partial charge is 0.465 e. The second-order valence-corrected chi connectivity index (χ2v) is 3.74. The third-order valence-corrected chi connectivity index (χ3v) is 2.09. The first-order valence-electron chi connectivity index (χ1n) is 5.47. The van der Waals surface area contributed by atoms with Crippen molar-refractivity contribution >= 4 is 5.95 Å². The van der Waals surface area contributed by atoms with Crippen LogP contribution in [0, 0.1) is 0 Å². The minimum atomic E-state index is -4.81. The molecular weight excluding hydrogens is 292 g/mol. The number of halogens is 6. The van der Waals surface area contributed by atoms with Gasteiger partial charge in [-0.25, -0.2) is 4.98 Å². The quantitative estimate of drug-likeness (QED) is 0.867. The summed E-state index contributed by atoms with van der Waals surface area (Å²) in [6.45, 7) is 2.44. The van der Waals surface area contributed by atoms with E-state index in [-0.39, 0.29) is 6.54 Å². The van der Waals surface area contributed by atoms with Gasteiger partial charge in [0.05, 0.1) is 0 Å². The summed E-state index contributed by atoms with van der Waals surface area (Å²) < 4.78 is 79.0. The van der Waals surface area contributed by atoms with E-state index in [0.717, 1.165) is 0 Å². The normalized spacial score (nSPS) is 14.0. The van der Waals surface area contributed by atoms with Crippen molar-refractivity contribution < 1.29 is 31.1 Å². The van der Waals surface area contributed by atoms with Crippen molar-refractivity contribution in [3.63, 3.8) is 0 Å². The maximum atomic E-state index is 12.6. The lowest BCUT2D eigenvalue weighted by Crippen LogP contribution is -2.31. The molecule has 0 bridgehead atoms. The molecule has 0 radical (unpaired) electrons. The molecule has 0 fully saturated rings. The summed E-state index contributed by atoms with van der Waals surface area (Å²) in [5, 5.41) is 2.39. The predicted octanol–water partition coefficient (Wildman–Crippen LogP) is 3.26. The van der Waals surface area contributed by atoms with E-state index < -0.39 is 36.0 Å². The van der Waals surface area contributed by atoms with Crippen molar-refractivity contribution in [1.29, 1.82) is 0 Å². The zero-order valence-corrected chi connectivity index (χ0v) is 10.4. The number of hydrogen-bond donors (Lipinski definition) is 1. The molecule has 1 heterocycles. The van der Waals surface area contributed by atoms with Gasteiger partial charge in [-0.2, -0.15) is 31.3 Å². The van der Waals surface area contributed by atoms with E-state index in [9.17, 15) is 26.3 Å². The Morgan fingerprint density at radius 1 is 1.20 bits per heavy atom. The van der Waals surface area contributed by atoms with Crippen LogP contribution in [0.2, 0.25) is 0 Å². The maximum absolute atomic E-state index is 12.6. The van der Waals surface area contributed by atoms with E-state index >= 15 is 0 Å². The Morgan fingerprint density at radius 2 is 1.80 bits per heavy atom. The summed E-state index contributed by atoms with van der Waals surface area (Å²) in [5.41, 5.74) is -1.38. The van der Waals surface area contributed by atoms with E-state index in [1.807, 2.05) is 0 Å². The Morgan fingerprint density at radius 3 is 2.25 bits per heavy atom. The third kappa shape index (κ3) is 4.42. The Hall–Kier alpha value is -1.74. The third-order valence-electron chi connectivity index (χ3n) is 2.09. The van der Waals surface area contributed by atoms with Crippen molar-refractivity contribution in [1.82, 2.24) is 9.97 Å². The highest BCUT2D eigenvalue weighted by molar-refractivity contribution is 5.32. The van der Waals surface area contributed by atoms with Gasteiger partial charge < -0.3 is 10.1 Å². The van der Waals surface area contributed by atoms with E-state index in [4.69, 9.17) is 0 Å². The molecule has 1 unspecified atom stereocenters. The van der Waals surface area contributed by atoms with E-state index in [2.05, 4.69) is 20.0 Å². The van der Waals surface area contributed by atoms with E-state index in [0.29, 0.717) is 13.0 Å². The van der Waals surface area contributed by atoms with Crippen molar-refractivity contribution in [2.75, 3.05) is 11.9 Å². The molecule has 0 spiro atoms. The molecule has 114 valence electrons. The van der Waals surface area contributed by atoms with Gasteiger partial charge in [0, 0.05) is 12.6 Å². The van der Waals surface area contributed by atoms with Gasteiger partial charge in [0.15, 0.2) is 11.8 Å². The summed E-state index contributed by atoms with van der Waals surface area (Å²) in [5.74, 6) is -1.25.